The molecule has 0 aliphatic heterocycles. The molecule has 4 nitrogen and oxygen atoms in total. The van der Waals surface area contributed by atoms with Crippen LogP contribution in [-0.4, -0.2) is 43.1 Å². The fraction of sp³-hybridized carbons (Fsp3) is 0.632. The lowest BCUT2D eigenvalue weighted by molar-refractivity contribution is 0.215. The Hall–Kier alpha value is -0.820. The molecule has 0 radical (unpaired) electrons. The molecular formula is C19H33IN4. The van der Waals surface area contributed by atoms with E-state index < -0.39 is 0 Å². The number of hydrogen-bond acceptors (Lipinski definition) is 2. The first kappa shape index (κ1) is 21.2. The molecule has 0 amide bonds. The van der Waals surface area contributed by atoms with Crippen LogP contribution in [0.15, 0.2) is 23.2 Å². The highest BCUT2D eigenvalue weighted by atomic mass is 127. The van der Waals surface area contributed by atoms with Gasteiger partial charge in [-0.15, -0.1) is 24.0 Å². The maximum absolute atomic E-state index is 4.33. The van der Waals surface area contributed by atoms with Crippen LogP contribution in [0.2, 0.25) is 0 Å². The predicted molar refractivity (Wildman–Crippen MR) is 114 cm³/mol. The molecule has 2 rings (SSSR count). The van der Waals surface area contributed by atoms with Gasteiger partial charge < -0.3 is 10.6 Å². The van der Waals surface area contributed by atoms with E-state index in [9.17, 15) is 0 Å². The molecule has 0 heterocycles. The van der Waals surface area contributed by atoms with Crippen molar-refractivity contribution in [3.63, 3.8) is 0 Å². The zero-order valence-electron chi connectivity index (χ0n) is 15.7. The lowest BCUT2D eigenvalue weighted by Crippen LogP contribution is -2.43. The Bertz CT molecular complexity index is 536. The van der Waals surface area contributed by atoms with E-state index in [0.29, 0.717) is 6.04 Å². The highest BCUT2D eigenvalue weighted by Crippen LogP contribution is 2.27. The molecule has 136 valence electrons. The summed E-state index contributed by atoms with van der Waals surface area (Å²) in [7, 11) is 1.83. The molecule has 1 aromatic carbocycles. The molecule has 1 aromatic rings. The van der Waals surface area contributed by atoms with Crippen LogP contribution < -0.4 is 10.6 Å². The van der Waals surface area contributed by atoms with Crippen LogP contribution in [0.4, 0.5) is 0 Å². The lowest BCUT2D eigenvalue weighted by atomic mass is 10.1. The van der Waals surface area contributed by atoms with E-state index in [1.807, 2.05) is 7.05 Å². The molecule has 24 heavy (non-hydrogen) atoms. The Morgan fingerprint density at radius 2 is 1.96 bits per heavy atom. The summed E-state index contributed by atoms with van der Waals surface area (Å²) >= 11 is 0. The van der Waals surface area contributed by atoms with Crippen LogP contribution in [0.3, 0.4) is 0 Å². The minimum atomic E-state index is 0. The molecule has 0 bridgehead atoms. The number of rotatable bonds is 7. The number of guanidine groups is 1. The summed E-state index contributed by atoms with van der Waals surface area (Å²) in [4.78, 5) is 6.92. The highest BCUT2D eigenvalue weighted by Gasteiger charge is 2.30. The summed E-state index contributed by atoms with van der Waals surface area (Å²) in [6.07, 6.45) is 2.72. The highest BCUT2D eigenvalue weighted by molar-refractivity contribution is 14.0. The summed E-state index contributed by atoms with van der Waals surface area (Å²) in [6, 6.07) is 8.01. The van der Waals surface area contributed by atoms with E-state index in [4.69, 9.17) is 0 Å². The predicted octanol–water partition coefficient (Wildman–Crippen LogP) is 3.46. The zero-order chi connectivity index (χ0) is 16.8. The average Bonchev–Trinajstić information content (AvgIpc) is 3.32. The van der Waals surface area contributed by atoms with Crippen LogP contribution in [0.25, 0.3) is 0 Å². The topological polar surface area (TPSA) is 39.7 Å². The molecule has 0 spiro atoms. The van der Waals surface area contributed by atoms with E-state index in [0.717, 1.165) is 31.6 Å². The Balaban J connectivity index is 0.00000288. The SMILES string of the molecule is CN=C(NCCN(C(C)C)C1CC1)NCc1ccc(C)cc1C.I. The normalized spacial score (nSPS) is 14.7. The minimum absolute atomic E-state index is 0. The second-order valence-electron chi connectivity index (χ2n) is 6.85. The molecule has 1 aliphatic carbocycles. The van der Waals surface area contributed by atoms with E-state index in [1.165, 1.54) is 29.5 Å². The number of benzene rings is 1. The van der Waals surface area contributed by atoms with Gasteiger partial charge >= 0.3 is 0 Å². The van der Waals surface area contributed by atoms with Crippen LogP contribution in [-0.2, 0) is 6.54 Å². The third-order valence-corrected chi connectivity index (χ3v) is 4.51. The van der Waals surface area contributed by atoms with Crippen molar-refractivity contribution in [3.8, 4) is 0 Å². The van der Waals surface area contributed by atoms with Gasteiger partial charge in [-0.05, 0) is 51.7 Å². The van der Waals surface area contributed by atoms with Crippen LogP contribution in [0.1, 0.15) is 43.4 Å². The molecule has 2 N–H and O–H groups in total. The number of nitrogens with zero attached hydrogens (tertiary/aromatic N) is 2. The van der Waals surface area contributed by atoms with Gasteiger partial charge in [0.25, 0.3) is 0 Å². The summed E-state index contributed by atoms with van der Waals surface area (Å²) < 4.78 is 0. The maximum Gasteiger partial charge on any atom is 0.191 e. The van der Waals surface area contributed by atoms with Crippen LogP contribution in [0, 0.1) is 13.8 Å². The van der Waals surface area contributed by atoms with E-state index in [-0.39, 0.29) is 24.0 Å². The van der Waals surface area contributed by atoms with Crippen molar-refractivity contribution in [3.05, 3.63) is 34.9 Å². The van der Waals surface area contributed by atoms with Crippen molar-refractivity contribution in [1.29, 1.82) is 0 Å². The second kappa shape index (κ2) is 10.2. The van der Waals surface area contributed by atoms with Gasteiger partial charge in [0.2, 0.25) is 0 Å². The standard InChI is InChI=1S/C19H32N4.HI/c1-14(2)23(18-8-9-18)11-10-21-19(20-5)22-13-17-7-6-15(3)12-16(17)4;/h6-7,12,14,18H,8-11,13H2,1-5H3,(H2,20,21,22);1H. The van der Waals surface area contributed by atoms with Gasteiger partial charge in [-0.2, -0.15) is 0 Å². The first-order valence-electron chi connectivity index (χ1n) is 8.77. The monoisotopic (exact) mass is 444 g/mol. The minimum Gasteiger partial charge on any atom is -0.355 e. The van der Waals surface area contributed by atoms with Gasteiger partial charge in [0, 0.05) is 38.8 Å². The Labute approximate surface area is 164 Å². The summed E-state index contributed by atoms with van der Waals surface area (Å²) in [5, 5.41) is 6.85. The lowest BCUT2D eigenvalue weighted by Gasteiger charge is -2.26. The third-order valence-electron chi connectivity index (χ3n) is 4.51. The van der Waals surface area contributed by atoms with Gasteiger partial charge in [0.15, 0.2) is 5.96 Å². The summed E-state index contributed by atoms with van der Waals surface area (Å²) in [5.74, 6) is 0.879. The molecule has 0 atom stereocenters. The van der Waals surface area contributed by atoms with Crippen molar-refractivity contribution in [1.82, 2.24) is 15.5 Å². The molecule has 1 fully saturated rings. The summed E-state index contributed by atoms with van der Waals surface area (Å²) in [6.45, 7) is 11.7. The van der Waals surface area contributed by atoms with Crippen molar-refractivity contribution >= 4 is 29.9 Å². The van der Waals surface area contributed by atoms with E-state index >= 15 is 0 Å². The second-order valence-corrected chi connectivity index (χ2v) is 6.85. The molecule has 5 heteroatoms. The number of aryl methyl sites for hydroxylation is 2. The van der Waals surface area contributed by atoms with E-state index in [1.54, 1.807) is 0 Å². The van der Waals surface area contributed by atoms with Crippen molar-refractivity contribution in [2.45, 2.75) is 59.2 Å². The van der Waals surface area contributed by atoms with Gasteiger partial charge in [-0.3, -0.25) is 9.89 Å². The van der Waals surface area contributed by atoms with Crippen LogP contribution >= 0.6 is 24.0 Å². The molecule has 0 unspecified atom stereocenters. The Morgan fingerprint density at radius 1 is 1.25 bits per heavy atom. The third kappa shape index (κ3) is 6.59. The smallest absolute Gasteiger partial charge is 0.191 e. The van der Waals surface area contributed by atoms with Crippen molar-refractivity contribution in [2.75, 3.05) is 20.1 Å². The fourth-order valence-corrected chi connectivity index (χ4v) is 3.02. The van der Waals surface area contributed by atoms with E-state index in [2.05, 4.69) is 66.4 Å². The van der Waals surface area contributed by atoms with Gasteiger partial charge in [-0.1, -0.05) is 23.8 Å². The number of halogens is 1. The molecule has 1 aliphatic rings. The van der Waals surface area contributed by atoms with Gasteiger partial charge in [0.05, 0.1) is 0 Å². The first-order valence-corrected chi connectivity index (χ1v) is 8.77. The number of hydrogen-bond donors (Lipinski definition) is 2. The average molecular weight is 444 g/mol. The molecule has 0 saturated heterocycles. The Morgan fingerprint density at radius 3 is 2.50 bits per heavy atom. The first-order chi connectivity index (χ1) is 11.0. The molecular weight excluding hydrogens is 411 g/mol. The quantitative estimate of drug-likeness (QED) is 0.385. The fourth-order valence-electron chi connectivity index (χ4n) is 3.02. The Kier molecular flexibility index (Phi) is 9.05. The largest absolute Gasteiger partial charge is 0.355 e. The molecule has 1 saturated carbocycles. The van der Waals surface area contributed by atoms with Crippen LogP contribution in [0.5, 0.6) is 0 Å². The number of aliphatic imine (C=N–C) groups is 1. The zero-order valence-corrected chi connectivity index (χ0v) is 18.1. The van der Waals surface area contributed by atoms with Crippen molar-refractivity contribution < 1.29 is 0 Å². The number of nitrogens with one attached hydrogen (secondary N) is 2. The molecule has 0 aromatic heterocycles. The summed E-state index contributed by atoms with van der Waals surface area (Å²) in [5.41, 5.74) is 3.95. The maximum atomic E-state index is 4.33. The van der Waals surface area contributed by atoms with Gasteiger partial charge in [-0.25, -0.2) is 0 Å². The van der Waals surface area contributed by atoms with Crippen molar-refractivity contribution in [2.24, 2.45) is 4.99 Å². The van der Waals surface area contributed by atoms with Gasteiger partial charge in [0.1, 0.15) is 0 Å².